The van der Waals surface area contributed by atoms with E-state index in [1.807, 2.05) is 23.6 Å². The largest absolute Gasteiger partial charge is 0.457 e. The second kappa shape index (κ2) is 7.84. The molecule has 0 bridgehead atoms. The summed E-state index contributed by atoms with van der Waals surface area (Å²) < 4.78 is 32.3. The molecule has 1 aliphatic heterocycles. The van der Waals surface area contributed by atoms with Crippen LogP contribution in [0.2, 0.25) is 0 Å². The summed E-state index contributed by atoms with van der Waals surface area (Å²) in [5.74, 6) is -0.134. The summed E-state index contributed by atoms with van der Waals surface area (Å²) in [6.07, 6.45) is 3.20. The maximum Gasteiger partial charge on any atom is 0.188 e. The molecule has 2 aromatic carbocycles. The standard InChI is InChI=1S/C20H17F2N3OS/c21-15-9-8-13(11-16(15)22)26-18-6-2-1-5-14(18)17-12-27-20(24-17)25-19-7-3-4-10-23-19/h1-2,5-6,8-9,11-12H,3-4,7,10H2,(H,23,24,25). The van der Waals surface area contributed by atoms with E-state index in [0.29, 0.717) is 5.75 Å². The van der Waals surface area contributed by atoms with Crippen LogP contribution in [0.15, 0.2) is 52.8 Å². The van der Waals surface area contributed by atoms with Crippen molar-refractivity contribution >= 4 is 22.3 Å². The monoisotopic (exact) mass is 385 g/mol. The van der Waals surface area contributed by atoms with Crippen LogP contribution in [0.1, 0.15) is 19.3 Å². The smallest absolute Gasteiger partial charge is 0.188 e. The molecule has 0 fully saturated rings. The molecule has 4 nitrogen and oxygen atoms in total. The average Bonchev–Trinajstić information content (AvgIpc) is 3.14. The number of para-hydroxylation sites is 1. The van der Waals surface area contributed by atoms with E-state index in [1.165, 1.54) is 17.4 Å². The van der Waals surface area contributed by atoms with E-state index in [-0.39, 0.29) is 5.75 Å². The minimum absolute atomic E-state index is 0.228. The molecular weight excluding hydrogens is 368 g/mol. The van der Waals surface area contributed by atoms with Gasteiger partial charge in [-0.2, -0.15) is 0 Å². The number of nitrogens with one attached hydrogen (secondary N) is 1. The fourth-order valence-electron chi connectivity index (χ4n) is 2.81. The summed E-state index contributed by atoms with van der Waals surface area (Å²) in [5.41, 5.74) is 1.52. The van der Waals surface area contributed by atoms with Crippen molar-refractivity contribution < 1.29 is 13.5 Å². The number of amidine groups is 1. The Morgan fingerprint density at radius 3 is 2.74 bits per heavy atom. The molecule has 0 atom stereocenters. The highest BCUT2D eigenvalue weighted by molar-refractivity contribution is 7.14. The number of benzene rings is 2. The van der Waals surface area contributed by atoms with Gasteiger partial charge in [0.25, 0.3) is 0 Å². The Balaban J connectivity index is 1.57. The summed E-state index contributed by atoms with van der Waals surface area (Å²) >= 11 is 1.49. The molecule has 0 unspecified atom stereocenters. The molecule has 2 heterocycles. The number of nitrogens with zero attached hydrogens (tertiary/aromatic N) is 2. The molecule has 0 amide bonds. The van der Waals surface area contributed by atoms with Crippen molar-refractivity contribution in [2.75, 3.05) is 11.9 Å². The number of thiazole rings is 1. The van der Waals surface area contributed by atoms with E-state index in [0.717, 1.165) is 60.2 Å². The number of anilines is 1. The van der Waals surface area contributed by atoms with Gasteiger partial charge in [-0.3, -0.25) is 4.99 Å². The highest BCUT2D eigenvalue weighted by Gasteiger charge is 2.13. The van der Waals surface area contributed by atoms with Gasteiger partial charge in [-0.1, -0.05) is 12.1 Å². The van der Waals surface area contributed by atoms with Crippen LogP contribution in [0, 0.1) is 11.6 Å². The van der Waals surface area contributed by atoms with E-state index >= 15 is 0 Å². The predicted molar refractivity (Wildman–Crippen MR) is 104 cm³/mol. The van der Waals surface area contributed by atoms with Crippen LogP contribution in [-0.4, -0.2) is 17.4 Å². The maximum absolute atomic E-state index is 13.4. The van der Waals surface area contributed by atoms with Crippen molar-refractivity contribution in [2.24, 2.45) is 4.99 Å². The van der Waals surface area contributed by atoms with Crippen molar-refractivity contribution in [1.82, 2.24) is 4.98 Å². The molecule has 3 aromatic rings. The Labute approximate surface area is 159 Å². The van der Waals surface area contributed by atoms with Crippen LogP contribution < -0.4 is 10.1 Å². The summed E-state index contributed by atoms with van der Waals surface area (Å²) in [7, 11) is 0. The lowest BCUT2D eigenvalue weighted by atomic mass is 10.1. The topological polar surface area (TPSA) is 46.5 Å². The minimum atomic E-state index is -0.946. The molecule has 0 spiro atoms. The van der Waals surface area contributed by atoms with Crippen molar-refractivity contribution in [2.45, 2.75) is 19.3 Å². The highest BCUT2D eigenvalue weighted by Crippen LogP contribution is 2.35. The third-order valence-electron chi connectivity index (χ3n) is 4.16. The zero-order valence-electron chi connectivity index (χ0n) is 14.4. The molecule has 4 rings (SSSR count). The van der Waals surface area contributed by atoms with Gasteiger partial charge in [0, 0.05) is 30.0 Å². The van der Waals surface area contributed by atoms with Crippen molar-refractivity contribution in [3.8, 4) is 22.8 Å². The second-order valence-corrected chi connectivity index (χ2v) is 6.98. The molecule has 1 aliphatic rings. The summed E-state index contributed by atoms with van der Waals surface area (Å²) in [5, 5.41) is 5.98. The molecule has 27 heavy (non-hydrogen) atoms. The van der Waals surface area contributed by atoms with Gasteiger partial charge in [0.2, 0.25) is 0 Å². The first-order valence-corrected chi connectivity index (χ1v) is 9.55. The van der Waals surface area contributed by atoms with Gasteiger partial charge in [0.05, 0.1) is 5.69 Å². The molecule has 7 heteroatoms. The van der Waals surface area contributed by atoms with E-state index in [9.17, 15) is 8.78 Å². The normalized spacial score (nSPS) is 13.9. The maximum atomic E-state index is 13.4. The molecule has 138 valence electrons. The van der Waals surface area contributed by atoms with E-state index in [2.05, 4.69) is 15.3 Å². The molecule has 0 saturated heterocycles. The van der Waals surface area contributed by atoms with E-state index in [4.69, 9.17) is 4.74 Å². The molecule has 0 radical (unpaired) electrons. The highest BCUT2D eigenvalue weighted by atomic mass is 32.1. The summed E-state index contributed by atoms with van der Waals surface area (Å²) in [6.45, 7) is 0.853. The van der Waals surface area contributed by atoms with Crippen molar-refractivity contribution in [3.63, 3.8) is 0 Å². The SMILES string of the molecule is Fc1ccc(Oc2ccccc2-c2csc(NC3=NCCCC3)n2)cc1F. The van der Waals surface area contributed by atoms with Crippen LogP contribution in [-0.2, 0) is 0 Å². The molecule has 0 saturated carbocycles. The first-order valence-electron chi connectivity index (χ1n) is 8.67. The summed E-state index contributed by atoms with van der Waals surface area (Å²) in [6, 6.07) is 10.8. The zero-order valence-corrected chi connectivity index (χ0v) is 15.2. The van der Waals surface area contributed by atoms with Crippen molar-refractivity contribution in [1.29, 1.82) is 0 Å². The quantitative estimate of drug-likeness (QED) is 0.610. The first kappa shape index (κ1) is 17.6. The van der Waals surface area contributed by atoms with Crippen LogP contribution in [0.25, 0.3) is 11.3 Å². The van der Waals surface area contributed by atoms with Gasteiger partial charge < -0.3 is 10.1 Å². The number of hydrogen-bond donors (Lipinski definition) is 1. The number of halogens is 2. The lowest BCUT2D eigenvalue weighted by Gasteiger charge is -2.12. The first-order chi connectivity index (χ1) is 13.2. The fourth-order valence-corrected chi connectivity index (χ4v) is 3.54. The molecule has 0 aliphatic carbocycles. The summed E-state index contributed by atoms with van der Waals surface area (Å²) in [4.78, 5) is 9.10. The van der Waals surface area contributed by atoms with E-state index < -0.39 is 11.6 Å². The lowest BCUT2D eigenvalue weighted by Crippen LogP contribution is -2.15. The third-order valence-corrected chi connectivity index (χ3v) is 4.92. The van der Waals surface area contributed by atoms with Gasteiger partial charge in [0.15, 0.2) is 16.8 Å². The Morgan fingerprint density at radius 1 is 1.04 bits per heavy atom. The lowest BCUT2D eigenvalue weighted by molar-refractivity contribution is 0.462. The Hall–Kier alpha value is -2.80. The average molecular weight is 385 g/mol. The Morgan fingerprint density at radius 2 is 1.93 bits per heavy atom. The molecule has 1 aromatic heterocycles. The Kier molecular flexibility index (Phi) is 5.11. The number of aromatic nitrogens is 1. The van der Waals surface area contributed by atoms with Gasteiger partial charge in [0.1, 0.15) is 17.3 Å². The fraction of sp³-hybridized carbons (Fsp3) is 0.200. The number of hydrogen-bond acceptors (Lipinski definition) is 5. The third kappa shape index (κ3) is 4.14. The van der Waals surface area contributed by atoms with Gasteiger partial charge in [-0.05, 0) is 37.1 Å². The van der Waals surface area contributed by atoms with Crippen LogP contribution in [0.4, 0.5) is 13.9 Å². The number of rotatable bonds is 4. The van der Waals surface area contributed by atoms with Crippen LogP contribution >= 0.6 is 11.3 Å². The van der Waals surface area contributed by atoms with E-state index in [1.54, 1.807) is 6.07 Å². The van der Waals surface area contributed by atoms with Crippen molar-refractivity contribution in [3.05, 3.63) is 59.5 Å². The van der Waals surface area contributed by atoms with Crippen LogP contribution in [0.5, 0.6) is 11.5 Å². The van der Waals surface area contributed by atoms with Gasteiger partial charge >= 0.3 is 0 Å². The minimum Gasteiger partial charge on any atom is -0.457 e. The van der Waals surface area contributed by atoms with Gasteiger partial charge in [-0.15, -0.1) is 11.3 Å². The Bertz CT molecular complexity index is 987. The number of ether oxygens (including phenoxy) is 1. The van der Waals surface area contributed by atoms with Crippen LogP contribution in [0.3, 0.4) is 0 Å². The molecule has 1 N–H and O–H groups in total. The zero-order chi connectivity index (χ0) is 18.6. The van der Waals surface area contributed by atoms with Gasteiger partial charge in [-0.25, -0.2) is 13.8 Å². The number of aliphatic imine (C=N–C) groups is 1. The second-order valence-electron chi connectivity index (χ2n) is 6.12. The molecular formula is C20H17F2N3OS. The predicted octanol–water partition coefficient (Wildman–Crippen LogP) is 5.87.